The molecular formula is C13H13ClN6O2. The number of nitro groups is 1. The van der Waals surface area contributed by atoms with Crippen molar-refractivity contribution >= 4 is 29.7 Å². The number of anilines is 1. The molecule has 114 valence electrons. The van der Waals surface area contributed by atoms with E-state index in [1.807, 2.05) is 0 Å². The van der Waals surface area contributed by atoms with Crippen molar-refractivity contribution in [2.75, 3.05) is 12.4 Å². The summed E-state index contributed by atoms with van der Waals surface area (Å²) in [5.74, 6) is 1.16. The van der Waals surface area contributed by atoms with Gasteiger partial charge >= 0.3 is 0 Å². The maximum absolute atomic E-state index is 10.9. The largest absolute Gasteiger partial charge is 0.357 e. The second-order valence-electron chi connectivity index (χ2n) is 4.45. The van der Waals surface area contributed by atoms with Gasteiger partial charge in [-0.05, 0) is 12.5 Å². The van der Waals surface area contributed by atoms with Gasteiger partial charge in [0, 0.05) is 24.7 Å². The van der Waals surface area contributed by atoms with E-state index in [1.54, 1.807) is 36.8 Å². The van der Waals surface area contributed by atoms with Crippen molar-refractivity contribution in [3.05, 3.63) is 46.4 Å². The van der Waals surface area contributed by atoms with Gasteiger partial charge in [0.15, 0.2) is 5.65 Å². The predicted molar refractivity (Wildman–Crippen MR) is 84.4 cm³/mol. The molecule has 9 heteroatoms. The lowest BCUT2D eigenvalue weighted by Crippen LogP contribution is -2.05. The number of aromatic nitrogens is 4. The monoisotopic (exact) mass is 320 g/mol. The molecule has 1 N–H and O–H groups in total. The highest BCUT2D eigenvalue weighted by Crippen LogP contribution is 2.27. The Kier molecular flexibility index (Phi) is 4.22. The summed E-state index contributed by atoms with van der Waals surface area (Å²) in [6.45, 7) is 1.78. The van der Waals surface area contributed by atoms with Gasteiger partial charge in [0.05, 0.1) is 11.1 Å². The zero-order chi connectivity index (χ0) is 15.0. The summed E-state index contributed by atoms with van der Waals surface area (Å²) in [6, 6.07) is 6.40. The minimum Gasteiger partial charge on any atom is -0.357 e. The molecule has 3 rings (SSSR count). The van der Waals surface area contributed by atoms with Crippen LogP contribution in [-0.4, -0.2) is 31.6 Å². The van der Waals surface area contributed by atoms with E-state index in [2.05, 4.69) is 20.4 Å². The fourth-order valence-electron chi connectivity index (χ4n) is 2.14. The van der Waals surface area contributed by atoms with E-state index in [0.29, 0.717) is 23.0 Å². The number of aryl methyl sites for hydroxylation is 1. The Morgan fingerprint density at radius 3 is 2.77 bits per heavy atom. The molecule has 0 spiro atoms. The summed E-state index contributed by atoms with van der Waals surface area (Å²) in [7, 11) is 1.75. The zero-order valence-corrected chi connectivity index (χ0v) is 12.7. The van der Waals surface area contributed by atoms with Gasteiger partial charge in [-0.3, -0.25) is 10.1 Å². The number of hydrogen-bond donors (Lipinski definition) is 1. The van der Waals surface area contributed by atoms with Crippen LogP contribution in [0.4, 0.5) is 11.6 Å². The number of benzene rings is 1. The normalized spacial score (nSPS) is 10.3. The third-order valence-electron chi connectivity index (χ3n) is 3.07. The van der Waals surface area contributed by atoms with Crippen LogP contribution in [0.25, 0.3) is 16.8 Å². The maximum Gasteiger partial charge on any atom is 0.270 e. The summed E-state index contributed by atoms with van der Waals surface area (Å²) in [5.41, 5.74) is 2.05. The molecule has 0 bridgehead atoms. The van der Waals surface area contributed by atoms with Gasteiger partial charge in [-0.1, -0.05) is 12.1 Å². The number of nitro benzene ring substituents is 1. The summed E-state index contributed by atoms with van der Waals surface area (Å²) in [4.78, 5) is 19.1. The van der Waals surface area contributed by atoms with E-state index in [0.717, 1.165) is 5.56 Å². The van der Waals surface area contributed by atoms with Crippen LogP contribution in [0.3, 0.4) is 0 Å². The van der Waals surface area contributed by atoms with Crippen molar-refractivity contribution in [3.8, 4) is 11.1 Å². The molecule has 0 aliphatic carbocycles. The number of fused-ring (bicyclic) bond motifs is 1. The fraction of sp³-hybridized carbons (Fsp3) is 0.154. The van der Waals surface area contributed by atoms with E-state index in [9.17, 15) is 10.1 Å². The first-order chi connectivity index (χ1) is 10.1. The Morgan fingerprint density at radius 2 is 2.09 bits per heavy atom. The number of non-ortho nitro benzene ring substituents is 1. The van der Waals surface area contributed by atoms with Crippen LogP contribution in [-0.2, 0) is 0 Å². The molecule has 0 fully saturated rings. The van der Waals surface area contributed by atoms with Gasteiger partial charge in [-0.2, -0.15) is 14.6 Å². The number of rotatable bonds is 3. The average molecular weight is 321 g/mol. The van der Waals surface area contributed by atoms with Crippen LogP contribution < -0.4 is 5.32 Å². The van der Waals surface area contributed by atoms with Gasteiger partial charge < -0.3 is 5.32 Å². The molecular weight excluding hydrogens is 308 g/mol. The lowest BCUT2D eigenvalue weighted by molar-refractivity contribution is -0.384. The van der Waals surface area contributed by atoms with Crippen molar-refractivity contribution in [3.63, 3.8) is 0 Å². The minimum absolute atomic E-state index is 0. The van der Waals surface area contributed by atoms with Crippen LogP contribution in [0.2, 0.25) is 0 Å². The highest BCUT2D eigenvalue weighted by Gasteiger charge is 2.14. The third kappa shape index (κ3) is 2.56. The Balaban J connectivity index is 0.00000176. The molecule has 0 unspecified atom stereocenters. The maximum atomic E-state index is 10.9. The lowest BCUT2D eigenvalue weighted by atomic mass is 10.1. The van der Waals surface area contributed by atoms with Gasteiger partial charge in [-0.15, -0.1) is 12.4 Å². The first kappa shape index (κ1) is 15.6. The first-order valence-corrected chi connectivity index (χ1v) is 6.25. The van der Waals surface area contributed by atoms with E-state index in [4.69, 9.17) is 0 Å². The number of nitrogens with zero attached hydrogens (tertiary/aromatic N) is 5. The summed E-state index contributed by atoms with van der Waals surface area (Å²) >= 11 is 0. The lowest BCUT2D eigenvalue weighted by Gasteiger charge is -2.04. The minimum atomic E-state index is -0.422. The summed E-state index contributed by atoms with van der Waals surface area (Å²) in [6.07, 6.45) is 1.63. The van der Waals surface area contributed by atoms with E-state index >= 15 is 0 Å². The topological polar surface area (TPSA) is 98.2 Å². The van der Waals surface area contributed by atoms with Crippen LogP contribution in [0, 0.1) is 17.0 Å². The molecule has 0 amide bonds. The van der Waals surface area contributed by atoms with Gasteiger partial charge in [0.1, 0.15) is 5.82 Å². The van der Waals surface area contributed by atoms with E-state index in [1.165, 1.54) is 12.1 Å². The van der Waals surface area contributed by atoms with Crippen molar-refractivity contribution in [2.45, 2.75) is 6.92 Å². The number of nitrogens with one attached hydrogen (secondary N) is 1. The molecule has 8 nitrogen and oxygen atoms in total. The molecule has 1 aromatic carbocycles. The summed E-state index contributed by atoms with van der Waals surface area (Å²) in [5, 5.41) is 18.1. The Bertz CT molecular complexity index is 848. The second kappa shape index (κ2) is 5.94. The Labute approximate surface area is 131 Å². The van der Waals surface area contributed by atoms with Crippen LogP contribution in [0.5, 0.6) is 0 Å². The molecule has 3 aromatic rings. The van der Waals surface area contributed by atoms with Crippen molar-refractivity contribution in [1.29, 1.82) is 0 Å². The molecule has 0 aliphatic heterocycles. The molecule has 2 aromatic heterocycles. The third-order valence-corrected chi connectivity index (χ3v) is 3.07. The molecule has 0 aliphatic rings. The molecule has 0 saturated carbocycles. The van der Waals surface area contributed by atoms with Gasteiger partial charge in [0.2, 0.25) is 5.95 Å². The zero-order valence-electron chi connectivity index (χ0n) is 11.8. The Morgan fingerprint density at radius 1 is 1.32 bits per heavy atom. The van der Waals surface area contributed by atoms with E-state index < -0.39 is 4.92 Å². The fourth-order valence-corrected chi connectivity index (χ4v) is 2.14. The predicted octanol–water partition coefficient (Wildman–Crippen LogP) is 2.47. The smallest absolute Gasteiger partial charge is 0.270 e. The van der Waals surface area contributed by atoms with Gasteiger partial charge in [0.25, 0.3) is 5.69 Å². The van der Waals surface area contributed by atoms with Crippen molar-refractivity contribution in [2.24, 2.45) is 0 Å². The van der Waals surface area contributed by atoms with Crippen LogP contribution >= 0.6 is 12.4 Å². The van der Waals surface area contributed by atoms with Crippen LogP contribution in [0.1, 0.15) is 5.82 Å². The highest BCUT2D eigenvalue weighted by molar-refractivity contribution is 5.85. The quantitative estimate of drug-likeness (QED) is 0.588. The van der Waals surface area contributed by atoms with E-state index in [-0.39, 0.29) is 18.1 Å². The standard InChI is InChI=1S/C13H12N6O2.ClH/c1-8-16-12-11(7-15-18(12)13(14-2)17-8)9-4-3-5-10(6-9)19(20)21;/h3-7H,1-2H3,(H,14,16,17);1H. The average Bonchev–Trinajstić information content (AvgIpc) is 2.90. The van der Waals surface area contributed by atoms with Gasteiger partial charge in [-0.25, -0.2) is 4.98 Å². The second-order valence-corrected chi connectivity index (χ2v) is 4.45. The SMILES string of the molecule is CNc1nc(C)nc2c(-c3cccc([N+](=O)[O-])c3)cnn12.Cl. The molecule has 22 heavy (non-hydrogen) atoms. The number of hydrogen-bond acceptors (Lipinski definition) is 6. The summed E-state index contributed by atoms with van der Waals surface area (Å²) < 4.78 is 1.57. The highest BCUT2D eigenvalue weighted by atomic mass is 35.5. The van der Waals surface area contributed by atoms with Crippen molar-refractivity contribution in [1.82, 2.24) is 19.6 Å². The molecule has 0 saturated heterocycles. The molecule has 0 radical (unpaired) electrons. The van der Waals surface area contributed by atoms with Crippen molar-refractivity contribution < 1.29 is 4.92 Å². The molecule has 0 atom stereocenters. The Hall–Kier alpha value is -2.74. The van der Waals surface area contributed by atoms with Crippen LogP contribution in [0.15, 0.2) is 30.5 Å². The first-order valence-electron chi connectivity index (χ1n) is 6.25. The molecule has 2 heterocycles. The number of halogens is 1.